The number of hydrogen-bond acceptors (Lipinski definition) is 4. The summed E-state index contributed by atoms with van der Waals surface area (Å²) in [6.45, 7) is 4.08. The Kier molecular flexibility index (Phi) is 5.09. The van der Waals surface area contributed by atoms with E-state index in [1.54, 1.807) is 0 Å². The van der Waals surface area contributed by atoms with Crippen LogP contribution in [-0.4, -0.2) is 41.8 Å². The Morgan fingerprint density at radius 3 is 2.40 bits per heavy atom. The molecule has 1 aromatic carbocycles. The second-order valence-corrected chi connectivity index (χ2v) is 6.16. The molecule has 0 radical (unpaired) electrons. The van der Waals surface area contributed by atoms with Crippen LogP contribution in [0.1, 0.15) is 16.7 Å². The Bertz CT molecular complexity index is 601. The Morgan fingerprint density at radius 2 is 1.90 bits per heavy atom. The largest absolute Gasteiger partial charge is 0.335 e. The van der Waals surface area contributed by atoms with E-state index in [0.29, 0.717) is 0 Å². The molecule has 0 aromatic heterocycles. The highest BCUT2D eigenvalue weighted by molar-refractivity contribution is 7.85. The molecule has 1 rings (SSSR count). The number of benzene rings is 1. The average Bonchev–Trinajstić information content (AvgIpc) is 2.30. The zero-order valence-electron chi connectivity index (χ0n) is 11.7. The van der Waals surface area contributed by atoms with E-state index in [9.17, 15) is 13.2 Å². The van der Waals surface area contributed by atoms with Gasteiger partial charge in [-0.2, -0.15) is 8.42 Å². The fourth-order valence-corrected chi connectivity index (χ4v) is 2.29. The maximum atomic E-state index is 11.8. The predicted octanol–water partition coefficient (Wildman–Crippen LogP) is 0.876. The molecule has 1 aromatic rings. The van der Waals surface area contributed by atoms with E-state index >= 15 is 0 Å². The number of urea groups is 1. The lowest BCUT2D eigenvalue weighted by atomic mass is 10.1. The number of nitrogens with zero attached hydrogens (tertiary/aromatic N) is 2. The van der Waals surface area contributed by atoms with Gasteiger partial charge in [0.05, 0.1) is 6.54 Å². The van der Waals surface area contributed by atoms with E-state index in [-0.39, 0.29) is 6.54 Å². The summed E-state index contributed by atoms with van der Waals surface area (Å²) in [6, 6.07) is 4.98. The van der Waals surface area contributed by atoms with Gasteiger partial charge < -0.3 is 4.90 Å². The highest BCUT2D eigenvalue weighted by Gasteiger charge is 2.19. The molecular formula is C12H19N3O4S. The van der Waals surface area contributed by atoms with Crippen LogP contribution in [0.4, 0.5) is 4.79 Å². The highest BCUT2D eigenvalue weighted by atomic mass is 32.2. The summed E-state index contributed by atoms with van der Waals surface area (Å²) >= 11 is 0. The van der Waals surface area contributed by atoms with Crippen molar-refractivity contribution in [2.24, 2.45) is 5.84 Å². The quantitative estimate of drug-likeness (QED) is 0.372. The summed E-state index contributed by atoms with van der Waals surface area (Å²) in [6.07, 6.45) is 0. The molecule has 0 aliphatic heterocycles. The minimum absolute atomic E-state index is 0.149. The number of carbonyl (C=O) groups is 1. The normalized spacial score (nSPS) is 11.2. The van der Waals surface area contributed by atoms with Crippen LogP contribution in [0.3, 0.4) is 0 Å². The van der Waals surface area contributed by atoms with Crippen LogP contribution >= 0.6 is 0 Å². The number of aryl methyl sites for hydroxylation is 2. The lowest BCUT2D eigenvalue weighted by molar-refractivity contribution is 0.166. The van der Waals surface area contributed by atoms with Gasteiger partial charge in [-0.25, -0.2) is 10.6 Å². The number of nitrogens with two attached hydrogens (primary N) is 1. The third-order valence-electron chi connectivity index (χ3n) is 2.85. The van der Waals surface area contributed by atoms with Crippen molar-refractivity contribution in [3.8, 4) is 0 Å². The molecule has 20 heavy (non-hydrogen) atoms. The van der Waals surface area contributed by atoms with Gasteiger partial charge in [0.1, 0.15) is 5.88 Å². The molecule has 0 saturated carbocycles. The van der Waals surface area contributed by atoms with E-state index in [1.165, 1.54) is 7.05 Å². The lowest BCUT2D eigenvalue weighted by Crippen LogP contribution is -2.46. The van der Waals surface area contributed by atoms with Gasteiger partial charge >= 0.3 is 6.03 Å². The summed E-state index contributed by atoms with van der Waals surface area (Å²) < 4.78 is 30.1. The first-order chi connectivity index (χ1) is 9.10. The maximum absolute atomic E-state index is 11.8. The fourth-order valence-electron chi connectivity index (χ4n) is 1.69. The van der Waals surface area contributed by atoms with Crippen molar-refractivity contribution >= 4 is 16.1 Å². The van der Waals surface area contributed by atoms with E-state index in [1.807, 2.05) is 32.0 Å². The molecule has 3 N–H and O–H groups in total. The lowest BCUT2D eigenvalue weighted by Gasteiger charge is -2.23. The number of hydrogen-bond donors (Lipinski definition) is 2. The molecule has 0 atom stereocenters. The Morgan fingerprint density at radius 1 is 1.30 bits per heavy atom. The van der Waals surface area contributed by atoms with Crippen LogP contribution in [0.5, 0.6) is 0 Å². The fraction of sp³-hybridized carbons (Fsp3) is 0.417. The minimum Gasteiger partial charge on any atom is -0.310 e. The molecular weight excluding hydrogens is 282 g/mol. The summed E-state index contributed by atoms with van der Waals surface area (Å²) in [4.78, 5) is 12.7. The van der Waals surface area contributed by atoms with Crippen molar-refractivity contribution in [1.29, 1.82) is 0 Å². The van der Waals surface area contributed by atoms with Gasteiger partial charge in [-0.05, 0) is 30.5 Å². The average molecular weight is 301 g/mol. The molecule has 0 unspecified atom stereocenters. The van der Waals surface area contributed by atoms with Gasteiger partial charge in [0, 0.05) is 7.05 Å². The number of amides is 2. The van der Waals surface area contributed by atoms with E-state index in [4.69, 9.17) is 10.4 Å². The van der Waals surface area contributed by atoms with Crippen LogP contribution < -0.4 is 5.84 Å². The van der Waals surface area contributed by atoms with E-state index in [2.05, 4.69) is 0 Å². The molecule has 2 amide bonds. The molecule has 0 heterocycles. The van der Waals surface area contributed by atoms with Crippen molar-refractivity contribution in [2.45, 2.75) is 20.4 Å². The first-order valence-corrected chi connectivity index (χ1v) is 7.49. The van der Waals surface area contributed by atoms with Crippen molar-refractivity contribution in [3.63, 3.8) is 0 Å². The molecule has 0 bridgehead atoms. The van der Waals surface area contributed by atoms with Crippen molar-refractivity contribution in [2.75, 3.05) is 12.9 Å². The monoisotopic (exact) mass is 301 g/mol. The van der Waals surface area contributed by atoms with E-state index < -0.39 is 22.0 Å². The van der Waals surface area contributed by atoms with Gasteiger partial charge in [0.15, 0.2) is 0 Å². The maximum Gasteiger partial charge on any atom is 0.335 e. The molecule has 0 aliphatic carbocycles. The SMILES string of the molecule is Cc1ccc(CN(N)C(=O)N(C)CS(=O)(=O)O)cc1C. The first kappa shape index (κ1) is 16.4. The highest BCUT2D eigenvalue weighted by Crippen LogP contribution is 2.11. The van der Waals surface area contributed by atoms with Gasteiger partial charge in [0.2, 0.25) is 0 Å². The Labute approximate surface area is 118 Å². The standard InChI is InChI=1S/C12H19N3O4S/c1-9-4-5-11(6-10(9)2)7-15(13)12(16)14(3)8-20(17,18)19/h4-6H,7-8,13H2,1-3H3,(H,17,18,19). The Hall–Kier alpha value is -1.64. The van der Waals surface area contributed by atoms with Crippen LogP contribution in [0.15, 0.2) is 18.2 Å². The van der Waals surface area contributed by atoms with Crippen LogP contribution in [0.2, 0.25) is 0 Å². The molecule has 0 saturated heterocycles. The number of rotatable bonds is 4. The predicted molar refractivity (Wildman–Crippen MR) is 75.2 cm³/mol. The summed E-state index contributed by atoms with van der Waals surface area (Å²) in [5, 5.41) is 0.898. The van der Waals surface area contributed by atoms with Crippen molar-refractivity contribution in [3.05, 3.63) is 34.9 Å². The van der Waals surface area contributed by atoms with Gasteiger partial charge in [-0.15, -0.1) is 0 Å². The van der Waals surface area contributed by atoms with Crippen LogP contribution in [0.25, 0.3) is 0 Å². The topological polar surface area (TPSA) is 104 Å². The number of carbonyl (C=O) groups excluding carboxylic acids is 1. The summed E-state index contributed by atoms with van der Waals surface area (Å²) in [5.74, 6) is 4.82. The third kappa shape index (κ3) is 4.80. The van der Waals surface area contributed by atoms with Crippen molar-refractivity contribution in [1.82, 2.24) is 9.91 Å². The molecule has 0 fully saturated rings. The van der Waals surface area contributed by atoms with Gasteiger partial charge in [-0.3, -0.25) is 9.56 Å². The Balaban J connectivity index is 2.72. The molecule has 112 valence electrons. The summed E-state index contributed by atoms with van der Waals surface area (Å²) in [7, 11) is -3.02. The van der Waals surface area contributed by atoms with Gasteiger partial charge in [0.25, 0.3) is 10.1 Å². The zero-order chi connectivity index (χ0) is 15.5. The second-order valence-electron chi connectivity index (χ2n) is 4.74. The zero-order valence-corrected chi connectivity index (χ0v) is 12.5. The molecule has 8 heteroatoms. The first-order valence-electron chi connectivity index (χ1n) is 5.89. The van der Waals surface area contributed by atoms with E-state index in [0.717, 1.165) is 26.6 Å². The smallest absolute Gasteiger partial charge is 0.310 e. The molecule has 0 spiro atoms. The molecule has 7 nitrogen and oxygen atoms in total. The van der Waals surface area contributed by atoms with Crippen molar-refractivity contribution < 1.29 is 17.8 Å². The second kappa shape index (κ2) is 6.21. The van der Waals surface area contributed by atoms with Crippen LogP contribution in [-0.2, 0) is 16.7 Å². The molecule has 0 aliphatic rings. The van der Waals surface area contributed by atoms with Gasteiger partial charge in [-0.1, -0.05) is 18.2 Å². The summed E-state index contributed by atoms with van der Waals surface area (Å²) in [5.41, 5.74) is 3.05. The van der Waals surface area contributed by atoms with Crippen LogP contribution in [0, 0.1) is 13.8 Å². The number of hydrazine groups is 1. The minimum atomic E-state index is -4.26. The third-order valence-corrected chi connectivity index (χ3v) is 3.57.